The predicted octanol–water partition coefficient (Wildman–Crippen LogP) is 2.69. The van der Waals surface area contributed by atoms with Crippen molar-refractivity contribution < 1.29 is 9.18 Å². The number of hydrogen-bond donors (Lipinski definition) is 1. The Balaban J connectivity index is 1.40. The number of benzene rings is 1. The SMILES string of the molecule is Cn1cncc1-c1ccnc(C(=O)N[C@H]2C[C@H](c3cccc(F)c3)C2)n1. The van der Waals surface area contributed by atoms with Gasteiger partial charge in [0.25, 0.3) is 5.91 Å². The number of nitrogens with zero attached hydrogens (tertiary/aromatic N) is 4. The maximum atomic E-state index is 13.3. The third kappa shape index (κ3) is 3.20. The van der Waals surface area contributed by atoms with Crippen LogP contribution < -0.4 is 5.32 Å². The van der Waals surface area contributed by atoms with E-state index in [0.717, 1.165) is 24.1 Å². The van der Waals surface area contributed by atoms with Crippen molar-refractivity contribution in [3.63, 3.8) is 0 Å². The van der Waals surface area contributed by atoms with Crippen LogP contribution in [-0.4, -0.2) is 31.5 Å². The van der Waals surface area contributed by atoms with Gasteiger partial charge >= 0.3 is 0 Å². The summed E-state index contributed by atoms with van der Waals surface area (Å²) >= 11 is 0. The summed E-state index contributed by atoms with van der Waals surface area (Å²) in [6, 6.07) is 8.44. The van der Waals surface area contributed by atoms with E-state index >= 15 is 0 Å². The van der Waals surface area contributed by atoms with Gasteiger partial charge in [0.15, 0.2) is 0 Å². The predicted molar refractivity (Wildman–Crippen MR) is 93.9 cm³/mol. The van der Waals surface area contributed by atoms with E-state index < -0.39 is 0 Å². The van der Waals surface area contributed by atoms with Gasteiger partial charge in [-0.3, -0.25) is 4.79 Å². The second-order valence-corrected chi connectivity index (χ2v) is 6.55. The Morgan fingerprint density at radius 2 is 2.15 bits per heavy atom. The summed E-state index contributed by atoms with van der Waals surface area (Å²) in [6.45, 7) is 0. The second-order valence-electron chi connectivity index (χ2n) is 6.55. The topological polar surface area (TPSA) is 72.7 Å². The molecule has 0 spiro atoms. The molecule has 1 aliphatic rings. The summed E-state index contributed by atoms with van der Waals surface area (Å²) in [5.41, 5.74) is 2.44. The van der Waals surface area contributed by atoms with Crippen LogP contribution >= 0.6 is 0 Å². The zero-order chi connectivity index (χ0) is 18.1. The molecule has 0 saturated heterocycles. The lowest BCUT2D eigenvalue weighted by molar-refractivity contribution is 0.0898. The van der Waals surface area contributed by atoms with Crippen molar-refractivity contribution in [2.45, 2.75) is 24.8 Å². The van der Waals surface area contributed by atoms with Gasteiger partial charge in [0, 0.05) is 19.3 Å². The van der Waals surface area contributed by atoms with Gasteiger partial charge in [-0.05, 0) is 42.5 Å². The Morgan fingerprint density at radius 1 is 1.31 bits per heavy atom. The van der Waals surface area contributed by atoms with E-state index in [4.69, 9.17) is 0 Å². The molecule has 132 valence electrons. The van der Waals surface area contributed by atoms with Crippen LogP contribution in [0.4, 0.5) is 4.39 Å². The van der Waals surface area contributed by atoms with Crippen LogP contribution in [-0.2, 0) is 7.05 Å². The molecule has 6 nitrogen and oxygen atoms in total. The van der Waals surface area contributed by atoms with E-state index in [1.807, 2.05) is 17.7 Å². The van der Waals surface area contributed by atoms with E-state index in [2.05, 4.69) is 20.3 Å². The number of aromatic nitrogens is 4. The lowest BCUT2D eigenvalue weighted by Gasteiger charge is -2.36. The van der Waals surface area contributed by atoms with Crippen molar-refractivity contribution in [3.8, 4) is 11.4 Å². The third-order valence-electron chi connectivity index (χ3n) is 4.73. The fraction of sp³-hybridized carbons (Fsp3) is 0.263. The molecule has 1 N–H and O–H groups in total. The molecule has 1 fully saturated rings. The maximum absolute atomic E-state index is 13.3. The number of amides is 1. The molecule has 1 saturated carbocycles. The third-order valence-corrected chi connectivity index (χ3v) is 4.73. The summed E-state index contributed by atoms with van der Waals surface area (Å²) in [5, 5.41) is 2.95. The van der Waals surface area contributed by atoms with Crippen LogP contribution in [0.5, 0.6) is 0 Å². The smallest absolute Gasteiger partial charge is 0.289 e. The minimum Gasteiger partial charge on any atom is -0.347 e. The first kappa shape index (κ1) is 16.4. The van der Waals surface area contributed by atoms with Crippen molar-refractivity contribution >= 4 is 5.91 Å². The molecule has 0 unspecified atom stereocenters. The monoisotopic (exact) mass is 351 g/mol. The Kier molecular flexibility index (Phi) is 4.20. The summed E-state index contributed by atoms with van der Waals surface area (Å²) < 4.78 is 15.1. The summed E-state index contributed by atoms with van der Waals surface area (Å²) in [7, 11) is 1.87. The van der Waals surface area contributed by atoms with Gasteiger partial charge in [-0.15, -0.1) is 0 Å². The van der Waals surface area contributed by atoms with Crippen LogP contribution in [0.2, 0.25) is 0 Å². The van der Waals surface area contributed by atoms with E-state index in [1.54, 1.807) is 36.9 Å². The lowest BCUT2D eigenvalue weighted by atomic mass is 9.76. The molecule has 1 aliphatic carbocycles. The van der Waals surface area contributed by atoms with Crippen molar-refractivity contribution in [3.05, 3.63) is 66.3 Å². The van der Waals surface area contributed by atoms with Gasteiger partial charge in [0.1, 0.15) is 5.82 Å². The average molecular weight is 351 g/mol. The quantitative estimate of drug-likeness (QED) is 0.784. The number of imidazole rings is 1. The molecule has 2 heterocycles. The van der Waals surface area contributed by atoms with E-state index in [-0.39, 0.29) is 29.5 Å². The van der Waals surface area contributed by atoms with E-state index in [1.165, 1.54) is 6.07 Å². The fourth-order valence-corrected chi connectivity index (χ4v) is 3.23. The number of aryl methyl sites for hydroxylation is 1. The maximum Gasteiger partial charge on any atom is 0.289 e. The molecule has 4 rings (SSSR count). The first-order valence-corrected chi connectivity index (χ1v) is 8.46. The standard InChI is InChI=1S/C19H18FN5O/c1-25-11-21-10-17(25)16-5-6-22-18(24-16)19(26)23-15-8-13(9-15)12-3-2-4-14(20)7-12/h2-7,10-11,13,15H,8-9H2,1H3,(H,23,26)/t13-,15-. The molecule has 1 amide bonds. The van der Waals surface area contributed by atoms with Crippen molar-refractivity contribution in [1.82, 2.24) is 24.8 Å². The Hall–Kier alpha value is -3.09. The normalized spacial score (nSPS) is 19.0. The second kappa shape index (κ2) is 6.67. The zero-order valence-electron chi connectivity index (χ0n) is 14.3. The number of carbonyl (C=O) groups excluding carboxylic acids is 1. The molecule has 0 bridgehead atoms. The number of carbonyl (C=O) groups is 1. The van der Waals surface area contributed by atoms with Gasteiger partial charge in [0.2, 0.25) is 5.82 Å². The summed E-state index contributed by atoms with van der Waals surface area (Å²) in [6.07, 6.45) is 6.52. The molecule has 2 aromatic heterocycles. The van der Waals surface area contributed by atoms with Crippen LogP contribution in [0.25, 0.3) is 11.4 Å². The Labute approximate surface area is 150 Å². The molecule has 7 heteroatoms. The van der Waals surface area contributed by atoms with Crippen LogP contribution in [0, 0.1) is 5.82 Å². The molecule has 0 atom stereocenters. The lowest BCUT2D eigenvalue weighted by Crippen LogP contribution is -2.43. The van der Waals surface area contributed by atoms with Gasteiger partial charge < -0.3 is 9.88 Å². The highest BCUT2D eigenvalue weighted by molar-refractivity contribution is 5.91. The van der Waals surface area contributed by atoms with Gasteiger partial charge in [0.05, 0.1) is 23.9 Å². The first-order chi connectivity index (χ1) is 12.6. The highest BCUT2D eigenvalue weighted by Gasteiger charge is 2.32. The van der Waals surface area contributed by atoms with E-state index in [9.17, 15) is 9.18 Å². The summed E-state index contributed by atoms with van der Waals surface area (Å²) in [5.74, 6) is -0.109. The van der Waals surface area contributed by atoms with Gasteiger partial charge in [-0.1, -0.05) is 12.1 Å². The van der Waals surface area contributed by atoms with Crippen molar-refractivity contribution in [1.29, 1.82) is 0 Å². The number of nitrogens with one attached hydrogen (secondary N) is 1. The van der Waals surface area contributed by atoms with Crippen LogP contribution in [0.15, 0.2) is 49.1 Å². The molecular formula is C19H18FN5O. The minimum atomic E-state index is -0.295. The zero-order valence-corrected chi connectivity index (χ0v) is 14.3. The minimum absolute atomic E-state index is 0.0553. The number of hydrogen-bond acceptors (Lipinski definition) is 4. The highest BCUT2D eigenvalue weighted by atomic mass is 19.1. The fourth-order valence-electron chi connectivity index (χ4n) is 3.23. The van der Waals surface area contributed by atoms with Gasteiger partial charge in [-0.2, -0.15) is 0 Å². The molecule has 0 radical (unpaired) electrons. The molecule has 0 aliphatic heterocycles. The first-order valence-electron chi connectivity index (χ1n) is 8.46. The van der Waals surface area contributed by atoms with E-state index in [0.29, 0.717) is 5.69 Å². The van der Waals surface area contributed by atoms with Crippen molar-refractivity contribution in [2.75, 3.05) is 0 Å². The molecule has 26 heavy (non-hydrogen) atoms. The molecule has 1 aromatic carbocycles. The largest absolute Gasteiger partial charge is 0.347 e. The Bertz CT molecular complexity index is 948. The average Bonchev–Trinajstić information content (AvgIpc) is 3.03. The highest BCUT2D eigenvalue weighted by Crippen LogP contribution is 2.37. The van der Waals surface area contributed by atoms with Crippen LogP contribution in [0.3, 0.4) is 0 Å². The van der Waals surface area contributed by atoms with Gasteiger partial charge in [-0.25, -0.2) is 19.3 Å². The molecular weight excluding hydrogens is 333 g/mol. The number of rotatable bonds is 4. The van der Waals surface area contributed by atoms with Crippen molar-refractivity contribution in [2.24, 2.45) is 7.05 Å². The number of halogens is 1. The van der Waals surface area contributed by atoms with Crippen LogP contribution in [0.1, 0.15) is 34.9 Å². The summed E-state index contributed by atoms with van der Waals surface area (Å²) in [4.78, 5) is 24.9. The Morgan fingerprint density at radius 3 is 2.88 bits per heavy atom. The molecule has 3 aromatic rings.